The quantitative estimate of drug-likeness (QED) is 0.299. The first-order valence-corrected chi connectivity index (χ1v) is 10.9. The van der Waals surface area contributed by atoms with E-state index >= 15 is 0 Å². The number of benzene rings is 1. The number of hydrogen-bond acceptors (Lipinski definition) is 11. The van der Waals surface area contributed by atoms with E-state index in [1.54, 1.807) is 0 Å². The van der Waals surface area contributed by atoms with Crippen LogP contribution in [0.1, 0.15) is 20.3 Å². The molecule has 0 fully saturated rings. The maximum Gasteiger partial charge on any atom is 0.233 e. The van der Waals surface area contributed by atoms with Gasteiger partial charge in [-0.25, -0.2) is 0 Å². The lowest BCUT2D eigenvalue weighted by molar-refractivity contribution is 0.0547. The van der Waals surface area contributed by atoms with Gasteiger partial charge in [0.05, 0.1) is 26.4 Å². The number of nitrogens with one attached hydrogen (secondary N) is 3. The number of fused-ring (bicyclic) bond motifs is 1. The average Bonchev–Trinajstić information content (AvgIpc) is 3.23. The van der Waals surface area contributed by atoms with E-state index in [2.05, 4.69) is 44.7 Å². The number of anilines is 4. The van der Waals surface area contributed by atoms with E-state index in [9.17, 15) is 0 Å². The topological polar surface area (TPSA) is 138 Å². The number of nitrogens with two attached hydrogens (primary N) is 1. The van der Waals surface area contributed by atoms with E-state index in [0.717, 1.165) is 24.4 Å². The Morgan fingerprint density at radius 3 is 2.34 bits per heavy atom. The van der Waals surface area contributed by atoms with Crippen molar-refractivity contribution in [2.75, 3.05) is 68.8 Å². The van der Waals surface area contributed by atoms with E-state index in [0.29, 0.717) is 69.0 Å². The summed E-state index contributed by atoms with van der Waals surface area (Å²) in [6.07, 6.45) is 1.01. The predicted molar refractivity (Wildman–Crippen MR) is 123 cm³/mol. The molecule has 32 heavy (non-hydrogen) atoms. The Kier molecular flexibility index (Phi) is 9.54. The minimum atomic E-state index is 0.226. The van der Waals surface area contributed by atoms with Crippen molar-refractivity contribution in [3.05, 3.63) is 18.2 Å². The van der Waals surface area contributed by atoms with Crippen LogP contribution in [0.15, 0.2) is 18.2 Å². The highest BCUT2D eigenvalue weighted by Crippen LogP contribution is 2.34. The highest BCUT2D eigenvalue weighted by molar-refractivity contribution is 5.61. The average molecular weight is 448 g/mol. The summed E-state index contributed by atoms with van der Waals surface area (Å²) in [5.74, 6) is 3.37. The predicted octanol–water partition coefficient (Wildman–Crippen LogP) is 2.21. The number of aromatic nitrogens is 3. The van der Waals surface area contributed by atoms with Crippen LogP contribution in [0.4, 0.5) is 23.5 Å². The van der Waals surface area contributed by atoms with Gasteiger partial charge in [-0.1, -0.05) is 13.8 Å². The van der Waals surface area contributed by atoms with Gasteiger partial charge in [-0.2, -0.15) is 15.0 Å². The molecule has 1 aromatic heterocycles. The molecular formula is C21H33N7O4. The van der Waals surface area contributed by atoms with Crippen LogP contribution in [-0.4, -0.2) is 67.8 Å². The molecule has 2 aromatic rings. The molecule has 11 nitrogen and oxygen atoms in total. The van der Waals surface area contributed by atoms with Crippen molar-refractivity contribution in [3.63, 3.8) is 0 Å². The van der Waals surface area contributed by atoms with Crippen molar-refractivity contribution < 1.29 is 18.9 Å². The van der Waals surface area contributed by atoms with Crippen LogP contribution in [-0.2, 0) is 9.47 Å². The van der Waals surface area contributed by atoms with Crippen LogP contribution >= 0.6 is 0 Å². The zero-order valence-corrected chi connectivity index (χ0v) is 18.7. The molecule has 0 amide bonds. The first-order valence-electron chi connectivity index (χ1n) is 10.9. The summed E-state index contributed by atoms with van der Waals surface area (Å²) in [6.45, 7) is 8.49. The van der Waals surface area contributed by atoms with E-state index in [-0.39, 0.29) is 6.79 Å². The van der Waals surface area contributed by atoms with Gasteiger partial charge in [-0.15, -0.1) is 0 Å². The van der Waals surface area contributed by atoms with Gasteiger partial charge in [0.25, 0.3) is 0 Å². The molecule has 3 rings (SSSR count). The lowest BCUT2D eigenvalue weighted by Gasteiger charge is -2.12. The molecule has 1 aliphatic heterocycles. The second-order valence-corrected chi connectivity index (χ2v) is 7.55. The van der Waals surface area contributed by atoms with Crippen LogP contribution in [0.25, 0.3) is 0 Å². The van der Waals surface area contributed by atoms with Crippen LogP contribution in [0.5, 0.6) is 11.5 Å². The smallest absolute Gasteiger partial charge is 0.233 e. The second kappa shape index (κ2) is 12.8. The van der Waals surface area contributed by atoms with E-state index < -0.39 is 0 Å². The minimum absolute atomic E-state index is 0.226. The van der Waals surface area contributed by atoms with Crippen LogP contribution in [0.2, 0.25) is 0 Å². The molecule has 5 N–H and O–H groups in total. The van der Waals surface area contributed by atoms with Gasteiger partial charge in [0.2, 0.25) is 24.6 Å². The lowest BCUT2D eigenvalue weighted by atomic mass is 10.1. The lowest BCUT2D eigenvalue weighted by Crippen LogP contribution is -2.17. The molecule has 0 aliphatic carbocycles. The third kappa shape index (κ3) is 7.98. The summed E-state index contributed by atoms with van der Waals surface area (Å²) in [5, 5.41) is 9.66. The number of rotatable bonds is 15. The second-order valence-electron chi connectivity index (χ2n) is 7.55. The third-order valence-corrected chi connectivity index (χ3v) is 4.43. The maximum atomic E-state index is 5.54. The zero-order valence-electron chi connectivity index (χ0n) is 18.7. The summed E-state index contributed by atoms with van der Waals surface area (Å²) >= 11 is 0. The molecule has 11 heteroatoms. The van der Waals surface area contributed by atoms with Gasteiger partial charge < -0.3 is 40.6 Å². The minimum Gasteiger partial charge on any atom is -0.454 e. The Morgan fingerprint density at radius 1 is 0.906 bits per heavy atom. The fourth-order valence-electron chi connectivity index (χ4n) is 2.81. The van der Waals surface area contributed by atoms with Crippen molar-refractivity contribution in [1.29, 1.82) is 0 Å². The molecule has 176 valence electrons. The monoisotopic (exact) mass is 447 g/mol. The summed E-state index contributed by atoms with van der Waals surface area (Å²) in [4.78, 5) is 13.4. The summed E-state index contributed by atoms with van der Waals surface area (Å²) in [5.41, 5.74) is 6.17. The first-order chi connectivity index (χ1) is 15.6. The van der Waals surface area contributed by atoms with E-state index in [1.807, 2.05) is 18.2 Å². The van der Waals surface area contributed by atoms with Gasteiger partial charge >= 0.3 is 0 Å². The van der Waals surface area contributed by atoms with Crippen LogP contribution in [0, 0.1) is 5.92 Å². The van der Waals surface area contributed by atoms with Gasteiger partial charge in [-0.05, 0) is 24.5 Å². The van der Waals surface area contributed by atoms with Crippen molar-refractivity contribution in [1.82, 2.24) is 15.0 Å². The van der Waals surface area contributed by atoms with Gasteiger partial charge in [0.1, 0.15) is 0 Å². The van der Waals surface area contributed by atoms with E-state index in [1.165, 1.54) is 0 Å². The van der Waals surface area contributed by atoms with Crippen LogP contribution in [0.3, 0.4) is 0 Å². The fourth-order valence-corrected chi connectivity index (χ4v) is 2.81. The molecule has 0 unspecified atom stereocenters. The highest BCUT2D eigenvalue weighted by atomic mass is 16.7. The molecule has 0 saturated carbocycles. The molecule has 2 heterocycles. The Labute approximate surface area is 188 Å². The molecular weight excluding hydrogens is 414 g/mol. The van der Waals surface area contributed by atoms with Crippen molar-refractivity contribution in [2.45, 2.75) is 20.3 Å². The first kappa shape index (κ1) is 23.8. The number of ether oxygens (including phenoxy) is 4. The SMILES string of the molecule is CC(C)CCNc1nc(NCCOCCOCCN)nc(Nc2ccc3c(c2)OCO3)n1. The number of hydrogen-bond donors (Lipinski definition) is 4. The number of nitrogens with zero attached hydrogens (tertiary/aromatic N) is 3. The third-order valence-electron chi connectivity index (χ3n) is 4.43. The normalized spacial score (nSPS) is 12.2. The highest BCUT2D eigenvalue weighted by Gasteiger charge is 2.14. The molecule has 0 radical (unpaired) electrons. The Balaban J connectivity index is 1.58. The Morgan fingerprint density at radius 2 is 1.59 bits per heavy atom. The molecule has 1 aliphatic rings. The molecule has 0 saturated heterocycles. The Bertz CT molecular complexity index is 838. The van der Waals surface area contributed by atoms with Crippen molar-refractivity contribution in [3.8, 4) is 11.5 Å². The van der Waals surface area contributed by atoms with Gasteiger partial charge in [-0.3, -0.25) is 0 Å². The van der Waals surface area contributed by atoms with Gasteiger partial charge in [0, 0.05) is 31.4 Å². The Hall–Kier alpha value is -2.89. The zero-order chi connectivity index (χ0) is 22.6. The van der Waals surface area contributed by atoms with Crippen LogP contribution < -0.4 is 31.2 Å². The molecule has 0 spiro atoms. The van der Waals surface area contributed by atoms with E-state index in [4.69, 9.17) is 24.7 Å². The largest absolute Gasteiger partial charge is 0.454 e. The standard InChI is InChI=1S/C21H33N7O4/c1-15(2)5-7-23-19-26-20(24-8-10-30-12-11-29-9-6-22)28-21(27-19)25-16-3-4-17-18(13-16)32-14-31-17/h3-4,13,15H,5-12,14,22H2,1-2H3,(H3,23,24,25,26,27,28). The summed E-state index contributed by atoms with van der Waals surface area (Å²) < 4.78 is 21.6. The van der Waals surface area contributed by atoms with Crippen molar-refractivity contribution >= 4 is 23.5 Å². The molecule has 1 aromatic carbocycles. The summed E-state index contributed by atoms with van der Waals surface area (Å²) in [6, 6.07) is 5.59. The summed E-state index contributed by atoms with van der Waals surface area (Å²) in [7, 11) is 0. The maximum absolute atomic E-state index is 5.54. The molecule has 0 bridgehead atoms. The molecule has 0 atom stereocenters. The van der Waals surface area contributed by atoms with Crippen molar-refractivity contribution in [2.24, 2.45) is 11.7 Å². The van der Waals surface area contributed by atoms with Gasteiger partial charge in [0.15, 0.2) is 11.5 Å². The fraction of sp³-hybridized carbons (Fsp3) is 0.571.